The van der Waals surface area contributed by atoms with Gasteiger partial charge in [-0.05, 0) is 37.3 Å². The average Bonchev–Trinajstić information content (AvgIpc) is 2.98. The Bertz CT molecular complexity index is 636. The van der Waals surface area contributed by atoms with Crippen molar-refractivity contribution in [3.8, 4) is 0 Å². The minimum absolute atomic E-state index is 0.0656. The van der Waals surface area contributed by atoms with E-state index in [1.165, 1.54) is 0 Å². The van der Waals surface area contributed by atoms with E-state index in [0.717, 1.165) is 54.4 Å². The molecule has 0 radical (unpaired) electrons. The van der Waals surface area contributed by atoms with Crippen LogP contribution in [0.1, 0.15) is 33.1 Å². The quantitative estimate of drug-likeness (QED) is 0.914. The molecular formula is C17H24N4OS. The molecule has 6 heteroatoms. The molecule has 1 atom stereocenters. The molecular weight excluding hydrogens is 308 g/mol. The van der Waals surface area contributed by atoms with E-state index in [1.807, 2.05) is 12.1 Å². The molecule has 3 heterocycles. The number of thiazole rings is 1. The van der Waals surface area contributed by atoms with Crippen molar-refractivity contribution < 1.29 is 4.79 Å². The lowest BCUT2D eigenvalue weighted by Gasteiger charge is -2.31. The maximum atomic E-state index is 12.4. The van der Waals surface area contributed by atoms with Gasteiger partial charge in [0.1, 0.15) is 10.3 Å². The smallest absolute Gasteiger partial charge is 0.224 e. The van der Waals surface area contributed by atoms with Crippen LogP contribution in [0, 0.1) is 11.8 Å². The number of carbonyl (C=O) groups is 1. The highest BCUT2D eigenvalue weighted by Crippen LogP contribution is 2.30. The summed E-state index contributed by atoms with van der Waals surface area (Å²) in [4.78, 5) is 24.6. The summed E-state index contributed by atoms with van der Waals surface area (Å²) in [5.41, 5.74) is 0.941. The fourth-order valence-corrected chi connectivity index (χ4v) is 3.83. The van der Waals surface area contributed by atoms with E-state index in [9.17, 15) is 4.79 Å². The first-order valence-corrected chi connectivity index (χ1v) is 9.19. The van der Waals surface area contributed by atoms with Crippen molar-refractivity contribution in [3.05, 3.63) is 18.3 Å². The number of hydrogen-bond acceptors (Lipinski definition) is 5. The second-order valence-electron chi connectivity index (χ2n) is 6.58. The summed E-state index contributed by atoms with van der Waals surface area (Å²) in [7, 11) is 0. The summed E-state index contributed by atoms with van der Waals surface area (Å²) in [6, 6.07) is 3.90. The minimum atomic E-state index is 0.0656. The molecule has 3 rings (SSSR count). The first-order chi connectivity index (χ1) is 11.1. The molecule has 0 spiro atoms. The lowest BCUT2D eigenvalue weighted by molar-refractivity contribution is -0.125. The van der Waals surface area contributed by atoms with E-state index >= 15 is 0 Å². The minimum Gasteiger partial charge on any atom is -0.356 e. The van der Waals surface area contributed by atoms with E-state index < -0.39 is 0 Å². The number of nitrogens with one attached hydrogen (secondary N) is 1. The van der Waals surface area contributed by atoms with Crippen LogP contribution in [0.3, 0.4) is 0 Å². The van der Waals surface area contributed by atoms with Crippen molar-refractivity contribution in [1.29, 1.82) is 0 Å². The number of aromatic nitrogens is 2. The summed E-state index contributed by atoms with van der Waals surface area (Å²) >= 11 is 1.61. The summed E-state index contributed by atoms with van der Waals surface area (Å²) in [6.45, 7) is 6.85. The topological polar surface area (TPSA) is 58.1 Å². The molecule has 0 aromatic carbocycles. The third kappa shape index (κ3) is 3.99. The molecule has 1 saturated heterocycles. The molecule has 2 aromatic heterocycles. The second kappa shape index (κ2) is 7.25. The second-order valence-corrected chi connectivity index (χ2v) is 7.54. The Morgan fingerprint density at radius 2 is 2.39 bits per heavy atom. The van der Waals surface area contributed by atoms with Crippen LogP contribution in [-0.2, 0) is 4.79 Å². The van der Waals surface area contributed by atoms with Crippen LogP contribution in [-0.4, -0.2) is 35.5 Å². The molecule has 0 bridgehead atoms. The molecule has 1 aliphatic heterocycles. The van der Waals surface area contributed by atoms with Gasteiger partial charge in [-0.3, -0.25) is 4.79 Å². The fraction of sp³-hybridized carbons (Fsp3) is 0.588. The van der Waals surface area contributed by atoms with Gasteiger partial charge in [0.05, 0.1) is 5.92 Å². The molecule has 2 aromatic rings. The Hall–Kier alpha value is -1.69. The summed E-state index contributed by atoms with van der Waals surface area (Å²) in [5.74, 6) is 0.874. The average molecular weight is 332 g/mol. The molecule has 1 unspecified atom stereocenters. The van der Waals surface area contributed by atoms with Crippen molar-refractivity contribution in [1.82, 2.24) is 15.3 Å². The van der Waals surface area contributed by atoms with E-state index in [1.54, 1.807) is 17.5 Å². The van der Waals surface area contributed by atoms with Gasteiger partial charge in [-0.25, -0.2) is 9.97 Å². The standard InChI is InChI=1S/C17H24N4OS/c1-12(2)7-9-18-15(22)13-5-4-10-21(11-13)17-20-14-6-3-8-19-16(14)23-17/h3,6,8,12-13H,4-5,7,9-11H2,1-2H3,(H,18,22). The number of fused-ring (bicyclic) bond motifs is 1. The molecule has 0 aliphatic carbocycles. The Kier molecular flexibility index (Phi) is 5.10. The van der Waals surface area contributed by atoms with Crippen LogP contribution in [0.15, 0.2) is 18.3 Å². The van der Waals surface area contributed by atoms with Crippen LogP contribution in [0.5, 0.6) is 0 Å². The van der Waals surface area contributed by atoms with E-state index in [-0.39, 0.29) is 11.8 Å². The van der Waals surface area contributed by atoms with E-state index in [4.69, 9.17) is 0 Å². The third-order valence-electron chi connectivity index (χ3n) is 4.24. The maximum absolute atomic E-state index is 12.4. The van der Waals surface area contributed by atoms with Crippen molar-refractivity contribution in [2.24, 2.45) is 11.8 Å². The molecule has 0 saturated carbocycles. The zero-order chi connectivity index (χ0) is 16.2. The van der Waals surface area contributed by atoms with Crippen molar-refractivity contribution in [2.75, 3.05) is 24.5 Å². The lowest BCUT2D eigenvalue weighted by atomic mass is 9.97. The van der Waals surface area contributed by atoms with E-state index in [2.05, 4.69) is 34.0 Å². The van der Waals surface area contributed by atoms with Gasteiger partial charge in [-0.1, -0.05) is 25.2 Å². The SMILES string of the molecule is CC(C)CCNC(=O)C1CCCN(c2nc3cccnc3s2)C1. The van der Waals surface area contributed by atoms with Gasteiger partial charge >= 0.3 is 0 Å². The number of piperidine rings is 1. The number of anilines is 1. The molecule has 1 amide bonds. The highest BCUT2D eigenvalue weighted by molar-refractivity contribution is 7.21. The van der Waals surface area contributed by atoms with Gasteiger partial charge in [0.25, 0.3) is 0 Å². The van der Waals surface area contributed by atoms with Gasteiger partial charge in [0.15, 0.2) is 5.13 Å². The number of rotatable bonds is 5. The lowest BCUT2D eigenvalue weighted by Crippen LogP contribution is -2.43. The number of carbonyl (C=O) groups excluding carboxylic acids is 1. The first kappa shape index (κ1) is 16.2. The predicted molar refractivity (Wildman–Crippen MR) is 94.8 cm³/mol. The third-order valence-corrected chi connectivity index (χ3v) is 5.28. The number of amides is 1. The fourth-order valence-electron chi connectivity index (χ4n) is 2.89. The van der Waals surface area contributed by atoms with Crippen LogP contribution >= 0.6 is 11.3 Å². The molecule has 1 aliphatic rings. The monoisotopic (exact) mass is 332 g/mol. The van der Waals surface area contributed by atoms with Crippen LogP contribution in [0.25, 0.3) is 10.3 Å². The van der Waals surface area contributed by atoms with Crippen LogP contribution in [0.2, 0.25) is 0 Å². The molecule has 23 heavy (non-hydrogen) atoms. The summed E-state index contributed by atoms with van der Waals surface area (Å²) in [5, 5.41) is 4.07. The Morgan fingerprint density at radius 1 is 1.52 bits per heavy atom. The van der Waals surface area contributed by atoms with Crippen LogP contribution in [0.4, 0.5) is 5.13 Å². The van der Waals surface area contributed by atoms with Crippen LogP contribution < -0.4 is 10.2 Å². The number of pyridine rings is 1. The largest absolute Gasteiger partial charge is 0.356 e. The van der Waals surface area contributed by atoms with Gasteiger partial charge in [0, 0.05) is 25.8 Å². The highest BCUT2D eigenvalue weighted by atomic mass is 32.1. The van der Waals surface area contributed by atoms with Gasteiger partial charge in [0.2, 0.25) is 5.91 Å². The number of nitrogens with zero attached hydrogens (tertiary/aromatic N) is 3. The summed E-state index contributed by atoms with van der Waals surface area (Å²) < 4.78 is 0. The number of hydrogen-bond donors (Lipinski definition) is 1. The van der Waals surface area contributed by atoms with Crippen molar-refractivity contribution >= 4 is 32.7 Å². The molecule has 1 fully saturated rings. The van der Waals surface area contributed by atoms with Crippen molar-refractivity contribution in [2.45, 2.75) is 33.1 Å². The zero-order valence-corrected chi connectivity index (χ0v) is 14.6. The first-order valence-electron chi connectivity index (χ1n) is 8.37. The maximum Gasteiger partial charge on any atom is 0.224 e. The normalized spacial score (nSPS) is 18.6. The van der Waals surface area contributed by atoms with Crippen molar-refractivity contribution in [3.63, 3.8) is 0 Å². The predicted octanol–water partition coefficient (Wildman–Crippen LogP) is 3.07. The Labute approximate surface area is 141 Å². The van der Waals surface area contributed by atoms with Gasteiger partial charge in [-0.2, -0.15) is 0 Å². The Morgan fingerprint density at radius 3 is 3.17 bits per heavy atom. The van der Waals surface area contributed by atoms with Gasteiger partial charge < -0.3 is 10.2 Å². The summed E-state index contributed by atoms with van der Waals surface area (Å²) in [6.07, 6.45) is 4.83. The van der Waals surface area contributed by atoms with Gasteiger partial charge in [-0.15, -0.1) is 0 Å². The molecule has 1 N–H and O–H groups in total. The molecule has 5 nitrogen and oxygen atoms in total. The highest BCUT2D eigenvalue weighted by Gasteiger charge is 2.27. The van der Waals surface area contributed by atoms with E-state index in [0.29, 0.717) is 5.92 Å². The Balaban J connectivity index is 1.62. The molecule has 124 valence electrons. The zero-order valence-electron chi connectivity index (χ0n) is 13.8.